The van der Waals surface area contributed by atoms with Gasteiger partial charge in [0, 0.05) is 5.56 Å². The Hall–Kier alpha value is -2.42. The summed E-state index contributed by atoms with van der Waals surface area (Å²) < 4.78 is 5.32. The molecule has 2 rings (SSSR count). The number of rotatable bonds is 3. The molecule has 2 aromatic carbocycles. The van der Waals surface area contributed by atoms with E-state index in [-0.39, 0.29) is 5.97 Å². The van der Waals surface area contributed by atoms with Crippen LogP contribution in [0, 0.1) is 5.41 Å². The van der Waals surface area contributed by atoms with Crippen molar-refractivity contribution in [3.63, 3.8) is 0 Å². The molecule has 21 heavy (non-hydrogen) atoms. The van der Waals surface area contributed by atoms with Crippen LogP contribution in [0.4, 0.5) is 0 Å². The van der Waals surface area contributed by atoms with E-state index in [0.717, 1.165) is 11.1 Å². The fourth-order valence-electron chi connectivity index (χ4n) is 1.88. The lowest BCUT2D eigenvalue weighted by Crippen LogP contribution is -2.23. The van der Waals surface area contributed by atoms with E-state index in [0.29, 0.717) is 11.3 Å². The van der Waals surface area contributed by atoms with Gasteiger partial charge in [0.25, 0.3) is 0 Å². The van der Waals surface area contributed by atoms with Gasteiger partial charge in [-0.15, -0.1) is 0 Å². The van der Waals surface area contributed by atoms with Gasteiger partial charge in [-0.3, -0.25) is 5.41 Å². The third-order valence-corrected chi connectivity index (χ3v) is 2.87. The van der Waals surface area contributed by atoms with Gasteiger partial charge in [0.05, 0.1) is 11.3 Å². The number of benzene rings is 2. The van der Waals surface area contributed by atoms with Crippen molar-refractivity contribution in [2.24, 2.45) is 0 Å². The second kappa shape index (κ2) is 5.92. The van der Waals surface area contributed by atoms with E-state index >= 15 is 0 Å². The molecule has 3 nitrogen and oxygen atoms in total. The number of hydrogen-bond donors (Lipinski definition) is 1. The maximum Gasteiger partial charge on any atom is 0.338 e. The van der Waals surface area contributed by atoms with Crippen LogP contribution in [-0.2, 0) is 4.74 Å². The number of carbonyl (C=O) groups is 1. The van der Waals surface area contributed by atoms with Crippen LogP contribution in [0.5, 0.6) is 0 Å². The van der Waals surface area contributed by atoms with Crippen LogP contribution in [0.1, 0.15) is 42.3 Å². The molecule has 0 atom stereocenters. The highest BCUT2D eigenvalue weighted by atomic mass is 16.6. The maximum atomic E-state index is 11.9. The summed E-state index contributed by atoms with van der Waals surface area (Å²) in [6.45, 7) is 5.51. The van der Waals surface area contributed by atoms with Crippen molar-refractivity contribution in [2.45, 2.75) is 26.4 Å². The molecular weight excluding hydrogens is 262 g/mol. The van der Waals surface area contributed by atoms with Crippen molar-refractivity contribution in [3.05, 3.63) is 71.3 Å². The smallest absolute Gasteiger partial charge is 0.338 e. The minimum Gasteiger partial charge on any atom is -0.456 e. The fourth-order valence-corrected chi connectivity index (χ4v) is 1.88. The summed E-state index contributed by atoms with van der Waals surface area (Å²) in [7, 11) is 0. The van der Waals surface area contributed by atoms with E-state index < -0.39 is 5.60 Å². The Bertz CT molecular complexity index is 637. The zero-order chi connectivity index (χ0) is 15.5. The molecule has 0 saturated heterocycles. The predicted octanol–water partition coefficient (Wildman–Crippen LogP) is 4.06. The Balaban J connectivity index is 2.16. The lowest BCUT2D eigenvalue weighted by atomic mass is 10.0. The average Bonchev–Trinajstić information content (AvgIpc) is 2.46. The van der Waals surface area contributed by atoms with Crippen molar-refractivity contribution in [3.8, 4) is 0 Å². The van der Waals surface area contributed by atoms with Crippen molar-refractivity contribution in [2.75, 3.05) is 0 Å². The summed E-state index contributed by atoms with van der Waals surface area (Å²) >= 11 is 0. The van der Waals surface area contributed by atoms with E-state index in [1.165, 1.54) is 0 Å². The Kier molecular flexibility index (Phi) is 4.22. The molecule has 0 aliphatic rings. The monoisotopic (exact) mass is 281 g/mol. The van der Waals surface area contributed by atoms with Crippen LogP contribution < -0.4 is 0 Å². The minimum atomic E-state index is -0.507. The molecular formula is C18H19NO2. The molecule has 0 amide bonds. The van der Waals surface area contributed by atoms with Crippen LogP contribution in [-0.4, -0.2) is 17.3 Å². The molecule has 0 fully saturated rings. The quantitative estimate of drug-likeness (QED) is 0.681. The third-order valence-electron chi connectivity index (χ3n) is 2.87. The zero-order valence-electron chi connectivity index (χ0n) is 12.5. The SMILES string of the molecule is CC(C)(C)OC(=O)c1ccc(C(=N)c2ccccc2)cc1. The second-order valence-corrected chi connectivity index (χ2v) is 5.82. The molecule has 3 heteroatoms. The highest BCUT2D eigenvalue weighted by molar-refractivity contribution is 6.11. The van der Waals surface area contributed by atoms with Crippen LogP contribution in [0.25, 0.3) is 0 Å². The first kappa shape index (κ1) is 15.0. The van der Waals surface area contributed by atoms with E-state index in [1.54, 1.807) is 24.3 Å². The van der Waals surface area contributed by atoms with Gasteiger partial charge in [-0.1, -0.05) is 42.5 Å². The maximum absolute atomic E-state index is 11.9. The van der Waals surface area contributed by atoms with Crippen LogP contribution in [0.3, 0.4) is 0 Å². The van der Waals surface area contributed by atoms with Crippen LogP contribution in [0.15, 0.2) is 54.6 Å². The lowest BCUT2D eigenvalue weighted by molar-refractivity contribution is 0.00695. The van der Waals surface area contributed by atoms with Crippen LogP contribution in [0.2, 0.25) is 0 Å². The highest BCUT2D eigenvalue weighted by Crippen LogP contribution is 2.14. The molecule has 0 heterocycles. The first-order chi connectivity index (χ1) is 9.87. The van der Waals surface area contributed by atoms with Gasteiger partial charge >= 0.3 is 5.97 Å². The third kappa shape index (κ3) is 4.02. The summed E-state index contributed by atoms with van der Waals surface area (Å²) in [4.78, 5) is 11.9. The number of ether oxygens (including phenoxy) is 1. The van der Waals surface area contributed by atoms with Gasteiger partial charge in [-0.25, -0.2) is 4.79 Å². The van der Waals surface area contributed by atoms with Crippen molar-refractivity contribution < 1.29 is 9.53 Å². The number of nitrogens with one attached hydrogen (secondary N) is 1. The predicted molar refractivity (Wildman–Crippen MR) is 84.0 cm³/mol. The van der Waals surface area contributed by atoms with Gasteiger partial charge in [0.2, 0.25) is 0 Å². The Labute approximate surface area is 125 Å². The molecule has 108 valence electrons. The molecule has 2 aromatic rings. The van der Waals surface area contributed by atoms with E-state index in [9.17, 15) is 4.79 Å². The summed E-state index contributed by atoms with van der Waals surface area (Å²) in [5, 5.41) is 8.18. The molecule has 0 unspecified atom stereocenters. The topological polar surface area (TPSA) is 50.2 Å². The van der Waals surface area contributed by atoms with Gasteiger partial charge in [-0.05, 0) is 38.5 Å². The van der Waals surface area contributed by atoms with Gasteiger partial charge in [0.15, 0.2) is 0 Å². The molecule has 0 saturated carbocycles. The van der Waals surface area contributed by atoms with E-state index in [1.807, 2.05) is 51.1 Å². The Morgan fingerprint density at radius 2 is 1.33 bits per heavy atom. The molecule has 0 aromatic heterocycles. The lowest BCUT2D eigenvalue weighted by Gasteiger charge is -2.19. The second-order valence-electron chi connectivity index (χ2n) is 5.82. The molecule has 0 aliphatic carbocycles. The zero-order valence-corrected chi connectivity index (χ0v) is 12.5. The summed E-state index contributed by atoms with van der Waals surface area (Å²) in [6.07, 6.45) is 0. The average molecular weight is 281 g/mol. The number of hydrogen-bond acceptors (Lipinski definition) is 3. The van der Waals surface area contributed by atoms with Gasteiger partial charge in [-0.2, -0.15) is 0 Å². The first-order valence-corrected chi connectivity index (χ1v) is 6.84. The molecule has 0 aliphatic heterocycles. The highest BCUT2D eigenvalue weighted by Gasteiger charge is 2.17. The first-order valence-electron chi connectivity index (χ1n) is 6.84. The molecule has 1 N–H and O–H groups in total. The fraction of sp³-hybridized carbons (Fsp3) is 0.222. The van der Waals surface area contributed by atoms with Gasteiger partial charge < -0.3 is 4.74 Å². The van der Waals surface area contributed by atoms with E-state index in [4.69, 9.17) is 10.1 Å². The standard InChI is InChI=1S/C18H19NO2/c1-18(2,3)21-17(20)15-11-9-14(10-12-15)16(19)13-7-5-4-6-8-13/h4-12,19H,1-3H3. The minimum absolute atomic E-state index is 0.347. The van der Waals surface area contributed by atoms with Crippen LogP contribution >= 0.6 is 0 Å². The normalized spacial score (nSPS) is 11.0. The van der Waals surface area contributed by atoms with Crippen molar-refractivity contribution >= 4 is 11.7 Å². The summed E-state index contributed by atoms with van der Waals surface area (Å²) in [5.74, 6) is -0.347. The van der Waals surface area contributed by atoms with Crippen molar-refractivity contribution in [1.82, 2.24) is 0 Å². The molecule has 0 spiro atoms. The summed E-state index contributed by atoms with van der Waals surface area (Å²) in [6, 6.07) is 16.4. The molecule has 0 bridgehead atoms. The largest absolute Gasteiger partial charge is 0.456 e. The number of esters is 1. The van der Waals surface area contributed by atoms with E-state index in [2.05, 4.69) is 0 Å². The molecule has 0 radical (unpaired) electrons. The Morgan fingerprint density at radius 1 is 0.857 bits per heavy atom. The Morgan fingerprint density at radius 3 is 1.86 bits per heavy atom. The van der Waals surface area contributed by atoms with Crippen molar-refractivity contribution in [1.29, 1.82) is 5.41 Å². The number of carbonyl (C=O) groups excluding carboxylic acids is 1. The summed E-state index contributed by atoms with van der Waals surface area (Å²) in [5.41, 5.74) is 2.05. The van der Waals surface area contributed by atoms with Gasteiger partial charge in [0.1, 0.15) is 5.60 Å².